The Kier molecular flexibility index (Phi) is 4.29. The standard InChI is InChI=1S/C18H17N3O3/c1-11-13-6-3-4-7-15(13)19-12(2)14(11)10-17(22)20-21-18(23)16-8-5-9-24-16/h3-9H,10H2,1-2H3,(H,20,22)(H,21,23). The molecule has 0 radical (unpaired) electrons. The molecule has 0 bridgehead atoms. The number of para-hydroxylation sites is 1. The van der Waals surface area contributed by atoms with Crippen molar-refractivity contribution in [2.75, 3.05) is 0 Å². The molecule has 2 heterocycles. The number of carbonyl (C=O) groups excluding carboxylic acids is 2. The Hall–Kier alpha value is -3.15. The smallest absolute Gasteiger partial charge is 0.305 e. The maximum absolute atomic E-state index is 12.1. The minimum absolute atomic E-state index is 0.133. The van der Waals surface area contributed by atoms with Gasteiger partial charge in [-0.25, -0.2) is 0 Å². The van der Waals surface area contributed by atoms with Gasteiger partial charge in [-0.2, -0.15) is 0 Å². The molecule has 0 aliphatic heterocycles. The number of pyridine rings is 1. The molecule has 3 rings (SSSR count). The summed E-state index contributed by atoms with van der Waals surface area (Å²) >= 11 is 0. The van der Waals surface area contributed by atoms with Gasteiger partial charge >= 0.3 is 5.91 Å². The number of hydrogen-bond donors (Lipinski definition) is 2. The number of amides is 2. The molecule has 0 atom stereocenters. The summed E-state index contributed by atoms with van der Waals surface area (Å²) in [7, 11) is 0. The van der Waals surface area contributed by atoms with E-state index in [1.807, 2.05) is 38.1 Å². The van der Waals surface area contributed by atoms with Crippen molar-refractivity contribution in [3.8, 4) is 0 Å². The average molecular weight is 323 g/mol. The molecule has 0 spiro atoms. The van der Waals surface area contributed by atoms with Crippen LogP contribution in [0.1, 0.15) is 27.4 Å². The van der Waals surface area contributed by atoms with Crippen LogP contribution in [0.3, 0.4) is 0 Å². The molecule has 6 heteroatoms. The monoisotopic (exact) mass is 323 g/mol. The first kappa shape index (κ1) is 15.7. The molecule has 6 nitrogen and oxygen atoms in total. The minimum atomic E-state index is -0.501. The van der Waals surface area contributed by atoms with Gasteiger partial charge in [-0.15, -0.1) is 0 Å². The Bertz CT molecular complexity index is 901. The number of aryl methyl sites for hydroxylation is 2. The molecule has 0 aliphatic rings. The fourth-order valence-corrected chi connectivity index (χ4v) is 2.63. The van der Waals surface area contributed by atoms with Crippen LogP contribution in [-0.2, 0) is 11.2 Å². The van der Waals surface area contributed by atoms with Crippen LogP contribution in [-0.4, -0.2) is 16.8 Å². The van der Waals surface area contributed by atoms with Gasteiger partial charge in [-0.05, 0) is 43.2 Å². The van der Waals surface area contributed by atoms with E-state index in [9.17, 15) is 9.59 Å². The van der Waals surface area contributed by atoms with E-state index in [0.29, 0.717) is 0 Å². The number of nitrogens with one attached hydrogen (secondary N) is 2. The zero-order valence-electron chi connectivity index (χ0n) is 13.4. The summed E-state index contributed by atoms with van der Waals surface area (Å²) < 4.78 is 4.96. The Morgan fingerprint density at radius 3 is 2.62 bits per heavy atom. The van der Waals surface area contributed by atoms with E-state index in [1.165, 1.54) is 12.3 Å². The van der Waals surface area contributed by atoms with Crippen LogP contribution in [0.2, 0.25) is 0 Å². The summed E-state index contributed by atoms with van der Waals surface area (Å²) in [6.07, 6.45) is 1.53. The van der Waals surface area contributed by atoms with Crippen molar-refractivity contribution in [3.05, 3.63) is 65.2 Å². The van der Waals surface area contributed by atoms with Crippen LogP contribution >= 0.6 is 0 Å². The Morgan fingerprint density at radius 1 is 1.08 bits per heavy atom. The number of furan rings is 1. The van der Waals surface area contributed by atoms with Gasteiger partial charge in [0.15, 0.2) is 5.76 Å². The second kappa shape index (κ2) is 6.54. The first-order chi connectivity index (χ1) is 11.6. The van der Waals surface area contributed by atoms with Crippen molar-refractivity contribution in [2.45, 2.75) is 20.3 Å². The van der Waals surface area contributed by atoms with Crippen LogP contribution in [0.4, 0.5) is 0 Å². The summed E-state index contributed by atoms with van der Waals surface area (Å²) in [6, 6.07) is 10.9. The number of fused-ring (bicyclic) bond motifs is 1. The van der Waals surface area contributed by atoms with Crippen LogP contribution in [0.25, 0.3) is 10.9 Å². The maximum atomic E-state index is 12.1. The molecular formula is C18H17N3O3. The number of carbonyl (C=O) groups is 2. The molecule has 0 fully saturated rings. The maximum Gasteiger partial charge on any atom is 0.305 e. The molecular weight excluding hydrogens is 306 g/mol. The van der Waals surface area contributed by atoms with Gasteiger partial charge in [0, 0.05) is 11.1 Å². The van der Waals surface area contributed by atoms with Crippen LogP contribution in [0.15, 0.2) is 47.1 Å². The number of nitrogens with zero attached hydrogens (tertiary/aromatic N) is 1. The van der Waals surface area contributed by atoms with Crippen molar-refractivity contribution in [1.29, 1.82) is 0 Å². The van der Waals surface area contributed by atoms with Crippen molar-refractivity contribution in [2.24, 2.45) is 0 Å². The number of hydrogen-bond acceptors (Lipinski definition) is 4. The third-order valence-corrected chi connectivity index (χ3v) is 3.88. The summed E-state index contributed by atoms with van der Waals surface area (Å²) in [4.78, 5) is 28.4. The molecule has 24 heavy (non-hydrogen) atoms. The Balaban J connectivity index is 1.72. The Morgan fingerprint density at radius 2 is 1.88 bits per heavy atom. The Labute approximate surface area is 138 Å². The fraction of sp³-hybridized carbons (Fsp3) is 0.167. The summed E-state index contributed by atoms with van der Waals surface area (Å²) in [5.41, 5.74) is 8.31. The molecule has 3 aromatic rings. The SMILES string of the molecule is Cc1nc2ccccc2c(C)c1CC(=O)NNC(=O)c1ccco1. The lowest BCUT2D eigenvalue weighted by Gasteiger charge is -2.12. The first-order valence-electron chi connectivity index (χ1n) is 7.54. The van der Waals surface area contributed by atoms with Crippen molar-refractivity contribution >= 4 is 22.7 Å². The van der Waals surface area contributed by atoms with Crippen LogP contribution in [0.5, 0.6) is 0 Å². The van der Waals surface area contributed by atoms with Gasteiger partial charge in [0.1, 0.15) is 0 Å². The topological polar surface area (TPSA) is 84.2 Å². The fourth-order valence-electron chi connectivity index (χ4n) is 2.63. The molecule has 0 unspecified atom stereocenters. The highest BCUT2D eigenvalue weighted by molar-refractivity contribution is 5.93. The van der Waals surface area contributed by atoms with Crippen molar-refractivity contribution < 1.29 is 14.0 Å². The van der Waals surface area contributed by atoms with Gasteiger partial charge in [0.25, 0.3) is 0 Å². The zero-order chi connectivity index (χ0) is 17.1. The third kappa shape index (κ3) is 3.12. The molecule has 0 aliphatic carbocycles. The van der Waals surface area contributed by atoms with Crippen molar-refractivity contribution in [1.82, 2.24) is 15.8 Å². The normalized spacial score (nSPS) is 10.6. The molecule has 0 saturated heterocycles. The van der Waals surface area contributed by atoms with E-state index < -0.39 is 5.91 Å². The molecule has 0 saturated carbocycles. The quantitative estimate of drug-likeness (QED) is 0.725. The highest BCUT2D eigenvalue weighted by Gasteiger charge is 2.14. The number of aromatic nitrogens is 1. The second-order valence-corrected chi connectivity index (χ2v) is 5.47. The lowest BCUT2D eigenvalue weighted by Crippen LogP contribution is -2.42. The van der Waals surface area contributed by atoms with Gasteiger partial charge in [-0.3, -0.25) is 25.4 Å². The molecule has 2 amide bonds. The van der Waals surface area contributed by atoms with E-state index in [1.54, 1.807) is 6.07 Å². The predicted molar refractivity (Wildman–Crippen MR) is 89.2 cm³/mol. The van der Waals surface area contributed by atoms with Gasteiger partial charge < -0.3 is 4.42 Å². The van der Waals surface area contributed by atoms with E-state index >= 15 is 0 Å². The molecule has 122 valence electrons. The number of hydrazine groups is 1. The highest BCUT2D eigenvalue weighted by Crippen LogP contribution is 2.22. The summed E-state index contributed by atoms with van der Waals surface area (Å²) in [5.74, 6) is -0.688. The zero-order valence-corrected chi connectivity index (χ0v) is 13.4. The molecule has 2 N–H and O–H groups in total. The highest BCUT2D eigenvalue weighted by atomic mass is 16.3. The van der Waals surface area contributed by atoms with Gasteiger partial charge in [0.05, 0.1) is 18.2 Å². The third-order valence-electron chi connectivity index (χ3n) is 3.88. The van der Waals surface area contributed by atoms with Crippen LogP contribution in [0, 0.1) is 13.8 Å². The number of benzene rings is 1. The number of rotatable bonds is 3. The predicted octanol–water partition coefficient (Wildman–Crippen LogP) is 2.45. The van der Waals surface area contributed by atoms with E-state index in [0.717, 1.165) is 27.7 Å². The average Bonchev–Trinajstić information content (AvgIpc) is 3.11. The van der Waals surface area contributed by atoms with Crippen LogP contribution < -0.4 is 10.9 Å². The lowest BCUT2D eigenvalue weighted by atomic mass is 9.99. The molecule has 1 aromatic carbocycles. The first-order valence-corrected chi connectivity index (χ1v) is 7.54. The summed E-state index contributed by atoms with van der Waals surface area (Å²) in [6.45, 7) is 3.85. The minimum Gasteiger partial charge on any atom is -0.459 e. The van der Waals surface area contributed by atoms with E-state index in [-0.39, 0.29) is 18.1 Å². The summed E-state index contributed by atoms with van der Waals surface area (Å²) in [5, 5.41) is 1.02. The van der Waals surface area contributed by atoms with Gasteiger partial charge in [0.2, 0.25) is 5.91 Å². The van der Waals surface area contributed by atoms with Gasteiger partial charge in [-0.1, -0.05) is 18.2 Å². The van der Waals surface area contributed by atoms with E-state index in [4.69, 9.17) is 4.42 Å². The lowest BCUT2D eigenvalue weighted by molar-refractivity contribution is -0.121. The largest absolute Gasteiger partial charge is 0.459 e. The molecule has 2 aromatic heterocycles. The van der Waals surface area contributed by atoms with E-state index in [2.05, 4.69) is 15.8 Å². The van der Waals surface area contributed by atoms with Crippen molar-refractivity contribution in [3.63, 3.8) is 0 Å². The second-order valence-electron chi connectivity index (χ2n) is 5.47.